The molecular weight excluding hydrogens is 250 g/mol. The van der Waals surface area contributed by atoms with Crippen LogP contribution in [-0.4, -0.2) is 12.5 Å². The van der Waals surface area contributed by atoms with Crippen LogP contribution in [0.1, 0.15) is 21.5 Å². The summed E-state index contributed by atoms with van der Waals surface area (Å²) < 4.78 is 0. The molecule has 0 aliphatic heterocycles. The van der Waals surface area contributed by atoms with Gasteiger partial charge in [-0.3, -0.25) is 4.79 Å². The van der Waals surface area contributed by atoms with E-state index >= 15 is 0 Å². The second-order valence-electron chi connectivity index (χ2n) is 4.80. The van der Waals surface area contributed by atoms with Crippen LogP contribution >= 0.6 is 0 Å². The number of aryl methyl sites for hydroxylation is 1. The van der Waals surface area contributed by atoms with E-state index in [1.807, 2.05) is 6.07 Å². The first-order valence-electron chi connectivity index (χ1n) is 6.55. The van der Waals surface area contributed by atoms with E-state index in [1.165, 1.54) is 11.1 Å². The fourth-order valence-corrected chi connectivity index (χ4v) is 2.17. The van der Waals surface area contributed by atoms with Crippen molar-refractivity contribution in [1.29, 1.82) is 0 Å². The summed E-state index contributed by atoms with van der Waals surface area (Å²) in [6.45, 7) is 2.76. The van der Waals surface area contributed by atoms with E-state index in [2.05, 4.69) is 30.4 Å². The van der Waals surface area contributed by atoms with Crippen molar-refractivity contribution in [3.05, 3.63) is 59.2 Å². The number of hydrogen-bond donors (Lipinski definition) is 3. The minimum absolute atomic E-state index is 0.425. The molecule has 2 aromatic rings. The Morgan fingerprint density at radius 1 is 1.20 bits per heavy atom. The van der Waals surface area contributed by atoms with Gasteiger partial charge in [0.2, 0.25) is 0 Å². The summed E-state index contributed by atoms with van der Waals surface area (Å²) in [5.74, 6) is -0.477. The largest absolute Gasteiger partial charge is 0.397 e. The molecule has 0 saturated carbocycles. The molecule has 2 rings (SSSR count). The first-order chi connectivity index (χ1) is 9.58. The number of carbonyl (C=O) groups excluding carboxylic acids is 1. The summed E-state index contributed by atoms with van der Waals surface area (Å²) >= 11 is 0. The van der Waals surface area contributed by atoms with Crippen LogP contribution in [0.4, 0.5) is 11.4 Å². The molecule has 104 valence electrons. The van der Waals surface area contributed by atoms with Crippen molar-refractivity contribution in [2.75, 3.05) is 17.6 Å². The van der Waals surface area contributed by atoms with Crippen LogP contribution in [-0.2, 0) is 6.42 Å². The fraction of sp³-hybridized carbons (Fsp3) is 0.188. The Kier molecular flexibility index (Phi) is 4.25. The number of primary amides is 1. The molecule has 4 heteroatoms. The standard InChI is InChI=1S/C16H19N3O/c1-11-4-2-5-12(10-11)8-9-19-15-13(16(18)20)6-3-7-14(15)17/h2-7,10,19H,8-9,17H2,1H3,(H2,18,20). The average molecular weight is 269 g/mol. The molecule has 0 radical (unpaired) electrons. The van der Waals surface area contributed by atoms with Crippen LogP contribution < -0.4 is 16.8 Å². The number of benzene rings is 2. The van der Waals surface area contributed by atoms with Gasteiger partial charge in [0.05, 0.1) is 16.9 Å². The maximum Gasteiger partial charge on any atom is 0.250 e. The van der Waals surface area contributed by atoms with Gasteiger partial charge in [-0.15, -0.1) is 0 Å². The average Bonchev–Trinajstić information content (AvgIpc) is 2.40. The van der Waals surface area contributed by atoms with Crippen molar-refractivity contribution in [3.8, 4) is 0 Å². The molecule has 0 saturated heterocycles. The lowest BCUT2D eigenvalue weighted by Gasteiger charge is -2.12. The molecule has 0 heterocycles. The van der Waals surface area contributed by atoms with E-state index in [4.69, 9.17) is 11.5 Å². The minimum Gasteiger partial charge on any atom is -0.397 e. The Bertz CT molecular complexity index is 623. The van der Waals surface area contributed by atoms with Crippen molar-refractivity contribution in [3.63, 3.8) is 0 Å². The maximum absolute atomic E-state index is 11.4. The molecule has 20 heavy (non-hydrogen) atoms. The second kappa shape index (κ2) is 6.10. The summed E-state index contributed by atoms with van der Waals surface area (Å²) in [5.41, 5.74) is 15.3. The molecule has 5 N–H and O–H groups in total. The van der Waals surface area contributed by atoms with Gasteiger partial charge in [-0.25, -0.2) is 0 Å². The van der Waals surface area contributed by atoms with Crippen LogP contribution in [0.5, 0.6) is 0 Å². The van der Waals surface area contributed by atoms with Gasteiger partial charge in [0.15, 0.2) is 0 Å². The van der Waals surface area contributed by atoms with Crippen molar-refractivity contribution in [1.82, 2.24) is 0 Å². The monoisotopic (exact) mass is 269 g/mol. The van der Waals surface area contributed by atoms with Crippen molar-refractivity contribution >= 4 is 17.3 Å². The molecule has 1 amide bonds. The molecule has 0 unspecified atom stereocenters. The van der Waals surface area contributed by atoms with Crippen LogP contribution in [0, 0.1) is 6.92 Å². The number of nitrogens with one attached hydrogen (secondary N) is 1. The van der Waals surface area contributed by atoms with E-state index in [0.717, 1.165) is 6.42 Å². The number of nitrogen functional groups attached to an aromatic ring is 1. The van der Waals surface area contributed by atoms with E-state index in [-0.39, 0.29) is 0 Å². The minimum atomic E-state index is -0.477. The van der Waals surface area contributed by atoms with Gasteiger partial charge in [0, 0.05) is 6.54 Å². The van der Waals surface area contributed by atoms with E-state index in [1.54, 1.807) is 18.2 Å². The molecule has 0 fully saturated rings. The first-order valence-corrected chi connectivity index (χ1v) is 6.55. The van der Waals surface area contributed by atoms with Crippen molar-refractivity contribution < 1.29 is 4.79 Å². The third kappa shape index (κ3) is 3.29. The second-order valence-corrected chi connectivity index (χ2v) is 4.80. The molecule has 0 aliphatic carbocycles. The lowest BCUT2D eigenvalue weighted by atomic mass is 10.1. The van der Waals surface area contributed by atoms with Crippen LogP contribution in [0.3, 0.4) is 0 Å². The number of hydrogen-bond acceptors (Lipinski definition) is 3. The van der Waals surface area contributed by atoms with Gasteiger partial charge in [-0.05, 0) is 31.0 Å². The number of carbonyl (C=O) groups is 1. The Labute approximate surface area is 118 Å². The number of amides is 1. The van der Waals surface area contributed by atoms with Gasteiger partial charge in [-0.1, -0.05) is 35.9 Å². The maximum atomic E-state index is 11.4. The van der Waals surface area contributed by atoms with Crippen LogP contribution in [0.2, 0.25) is 0 Å². The zero-order chi connectivity index (χ0) is 14.5. The topological polar surface area (TPSA) is 81.1 Å². The molecule has 0 aromatic heterocycles. The Balaban J connectivity index is 2.06. The molecular formula is C16H19N3O. The third-order valence-electron chi connectivity index (χ3n) is 3.16. The number of rotatable bonds is 5. The Morgan fingerprint density at radius 2 is 1.95 bits per heavy atom. The number of anilines is 2. The predicted octanol–water partition coefficient (Wildman–Crippen LogP) is 2.33. The highest BCUT2D eigenvalue weighted by atomic mass is 16.1. The third-order valence-corrected chi connectivity index (χ3v) is 3.16. The number of para-hydroxylation sites is 1. The van der Waals surface area contributed by atoms with E-state index in [9.17, 15) is 4.79 Å². The van der Waals surface area contributed by atoms with Gasteiger partial charge < -0.3 is 16.8 Å². The Hall–Kier alpha value is -2.49. The van der Waals surface area contributed by atoms with E-state index < -0.39 is 5.91 Å². The zero-order valence-electron chi connectivity index (χ0n) is 11.5. The first kappa shape index (κ1) is 13.9. The molecule has 0 bridgehead atoms. The lowest BCUT2D eigenvalue weighted by Crippen LogP contribution is -2.16. The predicted molar refractivity (Wildman–Crippen MR) is 82.7 cm³/mol. The SMILES string of the molecule is Cc1cccc(CCNc2c(N)cccc2C(N)=O)c1. The van der Waals surface area contributed by atoms with Crippen LogP contribution in [0.15, 0.2) is 42.5 Å². The normalized spacial score (nSPS) is 10.2. The summed E-state index contributed by atoms with van der Waals surface area (Å²) in [4.78, 5) is 11.4. The van der Waals surface area contributed by atoms with Gasteiger partial charge in [0.25, 0.3) is 5.91 Å². The molecule has 0 atom stereocenters. The molecule has 0 aliphatic rings. The summed E-state index contributed by atoms with van der Waals surface area (Å²) in [7, 11) is 0. The van der Waals surface area contributed by atoms with Gasteiger partial charge in [-0.2, -0.15) is 0 Å². The highest BCUT2D eigenvalue weighted by Gasteiger charge is 2.10. The lowest BCUT2D eigenvalue weighted by molar-refractivity contribution is 0.100. The molecule has 0 spiro atoms. The van der Waals surface area contributed by atoms with Crippen molar-refractivity contribution in [2.45, 2.75) is 13.3 Å². The summed E-state index contributed by atoms with van der Waals surface area (Å²) in [5, 5.41) is 3.20. The quantitative estimate of drug-likeness (QED) is 0.729. The number of nitrogens with two attached hydrogens (primary N) is 2. The fourth-order valence-electron chi connectivity index (χ4n) is 2.17. The van der Waals surface area contributed by atoms with E-state index in [0.29, 0.717) is 23.5 Å². The zero-order valence-corrected chi connectivity index (χ0v) is 11.5. The van der Waals surface area contributed by atoms with Gasteiger partial charge in [0.1, 0.15) is 0 Å². The summed E-state index contributed by atoms with van der Waals surface area (Å²) in [6, 6.07) is 13.5. The van der Waals surface area contributed by atoms with Crippen LogP contribution in [0.25, 0.3) is 0 Å². The van der Waals surface area contributed by atoms with Gasteiger partial charge >= 0.3 is 0 Å². The van der Waals surface area contributed by atoms with Crippen molar-refractivity contribution in [2.24, 2.45) is 5.73 Å². The highest BCUT2D eigenvalue weighted by molar-refractivity contribution is 6.01. The highest BCUT2D eigenvalue weighted by Crippen LogP contribution is 2.23. The summed E-state index contributed by atoms with van der Waals surface area (Å²) in [6.07, 6.45) is 0.855. The smallest absolute Gasteiger partial charge is 0.250 e. The molecule has 2 aromatic carbocycles. The molecule has 4 nitrogen and oxygen atoms in total. The Morgan fingerprint density at radius 3 is 2.65 bits per heavy atom.